The van der Waals surface area contributed by atoms with Gasteiger partial charge in [0.2, 0.25) is 5.60 Å². The molecule has 2 heterocycles. The summed E-state index contributed by atoms with van der Waals surface area (Å²) in [4.78, 5) is 12.4. The van der Waals surface area contributed by atoms with Crippen LogP contribution in [0.5, 0.6) is 0 Å². The van der Waals surface area contributed by atoms with E-state index in [9.17, 15) is 25.3 Å². The number of carbonyl (C=O) groups excluding carboxylic acids is 1. The molecule has 2 rings (SSSR count). The van der Waals surface area contributed by atoms with Gasteiger partial charge in [0.15, 0.2) is 0 Å². The Balaban J connectivity index is 2.10. The smallest absolute Gasteiger partial charge is 0.344 e. The lowest BCUT2D eigenvalue weighted by atomic mass is 9.81. The Labute approximate surface area is 141 Å². The zero-order chi connectivity index (χ0) is 18.3. The van der Waals surface area contributed by atoms with Crippen LogP contribution >= 0.6 is 0 Å². The number of aliphatic hydroxyl groups is 3. The molecule has 8 heteroatoms. The first-order valence-electron chi connectivity index (χ1n) is 8.07. The molecule has 0 bridgehead atoms. The molecule has 3 N–H and O–H groups in total. The highest BCUT2D eigenvalue weighted by atomic mass is 16.6. The second-order valence-corrected chi connectivity index (χ2v) is 7.22. The molecule has 0 aromatic heterocycles. The molecule has 0 radical (unpaired) electrons. The van der Waals surface area contributed by atoms with Crippen LogP contribution < -0.4 is 0 Å². The highest BCUT2D eigenvalue weighted by Crippen LogP contribution is 2.36. The fourth-order valence-electron chi connectivity index (χ4n) is 3.59. The lowest BCUT2D eigenvalue weighted by Gasteiger charge is -2.41. The summed E-state index contributed by atoms with van der Waals surface area (Å²) in [5.74, 6) is -1.03. The first-order chi connectivity index (χ1) is 11.0. The number of methoxy groups -OCH3 is 1. The van der Waals surface area contributed by atoms with Crippen molar-refractivity contribution < 1.29 is 34.2 Å². The molecule has 0 aromatic rings. The molecule has 0 spiro atoms. The Kier molecular flexibility index (Phi) is 5.11. The molecule has 24 heavy (non-hydrogen) atoms. The van der Waals surface area contributed by atoms with Crippen molar-refractivity contribution in [3.05, 3.63) is 16.9 Å². The van der Waals surface area contributed by atoms with E-state index in [-0.39, 0.29) is 13.2 Å². The fourth-order valence-corrected chi connectivity index (χ4v) is 3.59. The summed E-state index contributed by atoms with van der Waals surface area (Å²) in [6.45, 7) is 4.39. The first kappa shape index (κ1) is 19.3. The summed E-state index contributed by atoms with van der Waals surface area (Å²) in [5, 5.41) is 43.4. The van der Waals surface area contributed by atoms with Gasteiger partial charge in [-0.05, 0) is 26.8 Å². The van der Waals surface area contributed by atoms with E-state index in [1.807, 2.05) is 0 Å². The Bertz CT molecular complexity index is 529. The van der Waals surface area contributed by atoms with Crippen LogP contribution in [0.25, 0.3) is 0 Å². The van der Waals surface area contributed by atoms with Gasteiger partial charge in [0.25, 0.3) is 0 Å². The standard InChI is InChI=1S/C16H27NO7/c1-10(23-4)16(21,15(2,3)20)14(19)24-9-11-5-7-17(22)8-6-12(18)13(11)17/h5,10,12-13,18,20-21H,6-9H2,1-4H3/t10-,12+,13-,16+,17?/m1/s1. The van der Waals surface area contributed by atoms with E-state index in [0.717, 1.165) is 0 Å². The lowest BCUT2D eigenvalue weighted by molar-refractivity contribution is -0.877. The molecule has 1 saturated heterocycles. The van der Waals surface area contributed by atoms with Gasteiger partial charge in [0, 0.05) is 19.1 Å². The van der Waals surface area contributed by atoms with Crippen LogP contribution in [0.4, 0.5) is 0 Å². The van der Waals surface area contributed by atoms with E-state index < -0.39 is 40.1 Å². The molecule has 2 aliphatic rings. The van der Waals surface area contributed by atoms with Crippen molar-refractivity contribution in [1.82, 2.24) is 0 Å². The van der Waals surface area contributed by atoms with Gasteiger partial charge < -0.3 is 34.6 Å². The van der Waals surface area contributed by atoms with E-state index in [1.54, 1.807) is 6.08 Å². The van der Waals surface area contributed by atoms with E-state index in [4.69, 9.17) is 9.47 Å². The molecule has 0 aromatic carbocycles. The fraction of sp³-hybridized carbons (Fsp3) is 0.812. The van der Waals surface area contributed by atoms with Gasteiger partial charge in [-0.3, -0.25) is 0 Å². The highest BCUT2D eigenvalue weighted by Gasteiger charge is 2.55. The van der Waals surface area contributed by atoms with E-state index in [2.05, 4.69) is 0 Å². The van der Waals surface area contributed by atoms with Gasteiger partial charge in [-0.25, -0.2) is 4.79 Å². The lowest BCUT2D eigenvalue weighted by Crippen LogP contribution is -2.63. The van der Waals surface area contributed by atoms with Crippen molar-refractivity contribution in [1.29, 1.82) is 0 Å². The predicted molar refractivity (Wildman–Crippen MR) is 84.5 cm³/mol. The number of rotatable bonds is 6. The molecular formula is C16H27NO7. The van der Waals surface area contributed by atoms with Gasteiger partial charge in [-0.2, -0.15) is 0 Å². The third kappa shape index (κ3) is 2.98. The molecule has 2 aliphatic heterocycles. The number of hydrogen-bond acceptors (Lipinski definition) is 7. The van der Waals surface area contributed by atoms with E-state index in [0.29, 0.717) is 18.5 Å². The van der Waals surface area contributed by atoms with Crippen molar-refractivity contribution in [2.45, 2.75) is 56.6 Å². The number of nitrogens with zero attached hydrogens (tertiary/aromatic N) is 1. The maximum Gasteiger partial charge on any atom is 0.344 e. The van der Waals surface area contributed by atoms with Gasteiger partial charge in [-0.1, -0.05) is 0 Å². The number of aliphatic hydroxyl groups excluding tert-OH is 1. The van der Waals surface area contributed by atoms with Gasteiger partial charge >= 0.3 is 5.97 Å². The summed E-state index contributed by atoms with van der Waals surface area (Å²) in [6, 6.07) is -0.632. The first-order valence-corrected chi connectivity index (χ1v) is 8.07. The minimum absolute atomic E-state index is 0.211. The van der Waals surface area contributed by atoms with E-state index in [1.165, 1.54) is 27.9 Å². The van der Waals surface area contributed by atoms with Crippen molar-refractivity contribution in [2.75, 3.05) is 26.8 Å². The Morgan fingerprint density at radius 3 is 2.67 bits per heavy atom. The van der Waals surface area contributed by atoms with Crippen LogP contribution in [0, 0.1) is 5.21 Å². The summed E-state index contributed by atoms with van der Waals surface area (Å²) >= 11 is 0. The number of hydrogen-bond donors (Lipinski definition) is 3. The number of esters is 1. The maximum absolute atomic E-state index is 12.5. The summed E-state index contributed by atoms with van der Waals surface area (Å²) in [5.41, 5.74) is -3.51. The highest BCUT2D eigenvalue weighted by molar-refractivity contribution is 5.82. The van der Waals surface area contributed by atoms with Crippen LogP contribution in [0.2, 0.25) is 0 Å². The van der Waals surface area contributed by atoms with Crippen molar-refractivity contribution in [3.63, 3.8) is 0 Å². The Morgan fingerprint density at radius 2 is 2.12 bits per heavy atom. The SMILES string of the molecule is CO[C@H](C)[C@](O)(C(=O)OCC1=CC[N+]2([O-])CC[C@H](O)[C@@H]12)C(C)(C)O. The largest absolute Gasteiger partial charge is 0.632 e. The third-order valence-corrected chi connectivity index (χ3v) is 5.27. The molecule has 0 aliphatic carbocycles. The Morgan fingerprint density at radius 1 is 1.50 bits per heavy atom. The zero-order valence-electron chi connectivity index (χ0n) is 14.6. The molecule has 0 saturated carbocycles. The number of quaternary nitrogens is 1. The normalized spacial score (nSPS) is 33.6. The number of carbonyl (C=O) groups is 1. The number of hydroxylamine groups is 3. The van der Waals surface area contributed by atoms with Gasteiger partial charge in [0.05, 0.1) is 19.2 Å². The van der Waals surface area contributed by atoms with Crippen molar-refractivity contribution in [3.8, 4) is 0 Å². The minimum atomic E-state index is -2.27. The van der Waals surface area contributed by atoms with Gasteiger partial charge in [0.1, 0.15) is 24.4 Å². The van der Waals surface area contributed by atoms with Crippen LogP contribution in [0.15, 0.2) is 11.6 Å². The molecule has 138 valence electrons. The summed E-state index contributed by atoms with van der Waals surface area (Å²) in [6.07, 6.45) is 0.319. The van der Waals surface area contributed by atoms with Crippen LogP contribution in [-0.4, -0.2) is 82.2 Å². The topological polar surface area (TPSA) is 119 Å². The Hall–Kier alpha value is -1.03. The molecule has 0 amide bonds. The summed E-state index contributed by atoms with van der Waals surface area (Å²) < 4.78 is 9.67. The quantitative estimate of drug-likeness (QED) is 0.256. The van der Waals surface area contributed by atoms with Crippen molar-refractivity contribution in [2.24, 2.45) is 0 Å². The average Bonchev–Trinajstić information content (AvgIpc) is 2.98. The average molecular weight is 345 g/mol. The van der Waals surface area contributed by atoms with Crippen LogP contribution in [0.1, 0.15) is 27.2 Å². The molecule has 1 fully saturated rings. The maximum atomic E-state index is 12.5. The molecule has 8 nitrogen and oxygen atoms in total. The number of ether oxygens (including phenoxy) is 2. The molecular weight excluding hydrogens is 318 g/mol. The minimum Gasteiger partial charge on any atom is -0.632 e. The second kappa shape index (κ2) is 6.36. The molecule has 1 unspecified atom stereocenters. The monoisotopic (exact) mass is 345 g/mol. The van der Waals surface area contributed by atoms with Crippen LogP contribution in [0.3, 0.4) is 0 Å². The van der Waals surface area contributed by atoms with Crippen LogP contribution in [-0.2, 0) is 14.3 Å². The summed E-state index contributed by atoms with van der Waals surface area (Å²) in [7, 11) is 1.31. The predicted octanol–water partition coefficient (Wildman–Crippen LogP) is -0.546. The third-order valence-electron chi connectivity index (χ3n) is 5.27. The molecule has 5 atom stereocenters. The van der Waals surface area contributed by atoms with E-state index >= 15 is 0 Å². The second-order valence-electron chi connectivity index (χ2n) is 7.22. The van der Waals surface area contributed by atoms with Gasteiger partial charge in [-0.15, -0.1) is 0 Å². The van der Waals surface area contributed by atoms with Crippen molar-refractivity contribution >= 4 is 5.97 Å². The zero-order valence-corrected chi connectivity index (χ0v) is 14.6. The number of fused-ring (bicyclic) bond motifs is 1.